The van der Waals surface area contributed by atoms with Crippen LogP contribution in [0, 0.1) is 0 Å². The van der Waals surface area contributed by atoms with Gasteiger partial charge in [-0.05, 0) is 70.6 Å². The molecule has 0 aliphatic rings. The Hall–Kier alpha value is -2.37. The molecule has 0 heterocycles. The Kier molecular flexibility index (Phi) is 68.1. The van der Waals surface area contributed by atoms with Crippen molar-refractivity contribution in [3.8, 4) is 0 Å². The molecule has 0 aromatic carbocycles. The van der Waals surface area contributed by atoms with Crippen LogP contribution in [-0.4, -0.2) is 37.2 Å². The van der Waals surface area contributed by atoms with Crippen LogP contribution in [0.1, 0.15) is 406 Å². The first-order chi connectivity index (χ1) is 40.0. The Balaban J connectivity index is 4.13. The topological polar surface area (TPSA) is 78.9 Å². The first kappa shape index (κ1) is 78.6. The summed E-state index contributed by atoms with van der Waals surface area (Å²) in [5, 5.41) is 0. The van der Waals surface area contributed by atoms with E-state index in [4.69, 9.17) is 14.2 Å². The monoisotopic (exact) mass is 1140 g/mol. The van der Waals surface area contributed by atoms with Crippen LogP contribution in [0.25, 0.3) is 0 Å². The highest BCUT2D eigenvalue weighted by molar-refractivity contribution is 5.71. The number of hydrogen-bond acceptors (Lipinski definition) is 6. The summed E-state index contributed by atoms with van der Waals surface area (Å²) >= 11 is 0. The van der Waals surface area contributed by atoms with Gasteiger partial charge in [-0.3, -0.25) is 14.4 Å². The van der Waals surface area contributed by atoms with Crippen LogP contribution in [0.4, 0.5) is 0 Å². The maximum atomic E-state index is 12.9. The van der Waals surface area contributed by atoms with Gasteiger partial charge in [0.25, 0.3) is 0 Å². The Labute approximate surface area is 506 Å². The number of unbranched alkanes of at least 4 members (excludes halogenated alkanes) is 51. The molecule has 476 valence electrons. The molecule has 0 radical (unpaired) electrons. The molecule has 0 saturated heterocycles. The lowest BCUT2D eigenvalue weighted by Gasteiger charge is -2.18. The van der Waals surface area contributed by atoms with Crippen molar-refractivity contribution in [2.75, 3.05) is 13.2 Å². The van der Waals surface area contributed by atoms with Crippen LogP contribution in [0.3, 0.4) is 0 Å². The van der Waals surface area contributed by atoms with Crippen LogP contribution in [-0.2, 0) is 28.6 Å². The second-order valence-electron chi connectivity index (χ2n) is 24.9. The Bertz CT molecular complexity index is 1350. The van der Waals surface area contributed by atoms with Crippen LogP contribution >= 0.6 is 0 Å². The zero-order chi connectivity index (χ0) is 58.5. The number of carbonyl (C=O) groups is 3. The number of carbonyl (C=O) groups excluding carboxylic acids is 3. The number of allylic oxidation sites excluding steroid dienone is 6. The van der Waals surface area contributed by atoms with Gasteiger partial charge in [0, 0.05) is 19.3 Å². The molecule has 81 heavy (non-hydrogen) atoms. The largest absolute Gasteiger partial charge is 0.462 e. The number of rotatable bonds is 68. The van der Waals surface area contributed by atoms with E-state index >= 15 is 0 Å². The fraction of sp³-hybridized carbons (Fsp3) is 0.880. The molecule has 6 heteroatoms. The molecule has 0 aliphatic carbocycles. The molecule has 1 unspecified atom stereocenters. The molecule has 1 atom stereocenters. The van der Waals surface area contributed by atoms with Crippen molar-refractivity contribution in [2.24, 2.45) is 0 Å². The van der Waals surface area contributed by atoms with Gasteiger partial charge in [0.2, 0.25) is 0 Å². The molecule has 0 N–H and O–H groups in total. The molecule has 0 aromatic heterocycles. The summed E-state index contributed by atoms with van der Waals surface area (Å²) in [6.07, 6.45) is 87.7. The van der Waals surface area contributed by atoms with E-state index in [0.29, 0.717) is 19.3 Å². The van der Waals surface area contributed by atoms with Crippen LogP contribution < -0.4 is 0 Å². The molecule has 0 saturated carbocycles. The Morgan fingerprint density at radius 3 is 0.728 bits per heavy atom. The SMILES string of the molecule is CCCC/C=C\C/C=C\CCCCCCCC(=O)OCC(COC(=O)CCCCCCCCCCCCCCCCCCCCCCCCCCCCCCCCCC)OC(=O)CCCCCCCCC/C=C\CCCCCCCC. The number of ether oxygens (including phenoxy) is 3. The zero-order valence-corrected chi connectivity index (χ0v) is 54.8. The van der Waals surface area contributed by atoms with Crippen LogP contribution in [0.2, 0.25) is 0 Å². The predicted octanol–water partition coefficient (Wildman–Crippen LogP) is 25.1. The van der Waals surface area contributed by atoms with E-state index in [1.807, 2.05) is 0 Å². The molecule has 6 nitrogen and oxygen atoms in total. The third-order valence-corrected chi connectivity index (χ3v) is 16.6. The minimum Gasteiger partial charge on any atom is -0.462 e. The molecule has 0 aromatic rings. The van der Waals surface area contributed by atoms with Crippen molar-refractivity contribution >= 4 is 17.9 Å². The average Bonchev–Trinajstić information content (AvgIpc) is 3.47. The summed E-state index contributed by atoms with van der Waals surface area (Å²) in [5.41, 5.74) is 0. The Morgan fingerprint density at radius 2 is 0.457 bits per heavy atom. The normalized spacial score (nSPS) is 12.2. The molecule has 0 amide bonds. The lowest BCUT2D eigenvalue weighted by molar-refractivity contribution is -0.167. The highest BCUT2D eigenvalue weighted by Crippen LogP contribution is 2.19. The third kappa shape index (κ3) is 68.3. The molecule has 0 spiro atoms. The van der Waals surface area contributed by atoms with Crippen molar-refractivity contribution in [2.45, 2.75) is 412 Å². The van der Waals surface area contributed by atoms with Crippen LogP contribution in [0.5, 0.6) is 0 Å². The third-order valence-electron chi connectivity index (χ3n) is 16.6. The summed E-state index contributed by atoms with van der Waals surface area (Å²) in [6, 6.07) is 0. The fourth-order valence-electron chi connectivity index (χ4n) is 11.1. The van der Waals surface area contributed by atoms with Crippen molar-refractivity contribution in [3.63, 3.8) is 0 Å². The second kappa shape index (κ2) is 70.1. The second-order valence-corrected chi connectivity index (χ2v) is 24.9. The van der Waals surface area contributed by atoms with Gasteiger partial charge in [-0.1, -0.05) is 353 Å². The van der Waals surface area contributed by atoms with E-state index < -0.39 is 6.10 Å². The van der Waals surface area contributed by atoms with Gasteiger partial charge < -0.3 is 14.2 Å². The van der Waals surface area contributed by atoms with Crippen molar-refractivity contribution in [3.05, 3.63) is 36.5 Å². The van der Waals surface area contributed by atoms with Gasteiger partial charge in [0.15, 0.2) is 6.10 Å². The van der Waals surface area contributed by atoms with Crippen molar-refractivity contribution in [1.29, 1.82) is 0 Å². The molecule has 0 bridgehead atoms. The van der Waals surface area contributed by atoms with Gasteiger partial charge in [-0.15, -0.1) is 0 Å². The highest BCUT2D eigenvalue weighted by Gasteiger charge is 2.19. The van der Waals surface area contributed by atoms with Gasteiger partial charge in [-0.2, -0.15) is 0 Å². The summed E-state index contributed by atoms with van der Waals surface area (Å²) in [5.74, 6) is -0.866. The average molecular weight is 1140 g/mol. The smallest absolute Gasteiger partial charge is 0.306 e. The number of esters is 3. The van der Waals surface area contributed by atoms with Crippen molar-refractivity contribution in [1.82, 2.24) is 0 Å². The molecular weight excluding hydrogens is 997 g/mol. The van der Waals surface area contributed by atoms with E-state index in [9.17, 15) is 14.4 Å². The summed E-state index contributed by atoms with van der Waals surface area (Å²) in [7, 11) is 0. The Morgan fingerprint density at radius 1 is 0.247 bits per heavy atom. The maximum absolute atomic E-state index is 12.9. The first-order valence-corrected chi connectivity index (χ1v) is 36.5. The zero-order valence-electron chi connectivity index (χ0n) is 54.8. The number of hydrogen-bond donors (Lipinski definition) is 0. The van der Waals surface area contributed by atoms with Crippen molar-refractivity contribution < 1.29 is 28.6 Å². The lowest BCUT2D eigenvalue weighted by atomic mass is 10.0. The summed E-state index contributed by atoms with van der Waals surface area (Å²) in [4.78, 5) is 38.4. The minimum absolute atomic E-state index is 0.0741. The van der Waals surface area contributed by atoms with E-state index in [1.54, 1.807) is 0 Å². The van der Waals surface area contributed by atoms with E-state index in [2.05, 4.69) is 57.2 Å². The highest BCUT2D eigenvalue weighted by atomic mass is 16.6. The molecule has 0 fully saturated rings. The maximum Gasteiger partial charge on any atom is 0.306 e. The summed E-state index contributed by atoms with van der Waals surface area (Å²) < 4.78 is 17.0. The standard InChI is InChI=1S/C75H140O6/c1-4-7-10-13-16-19-22-25-28-30-31-32-33-34-35-36-37-38-39-40-41-42-43-44-46-47-50-53-56-59-62-65-68-74(77)80-71-72(70-79-73(76)67-64-61-58-55-52-49-27-24-21-18-15-12-9-6-3)81-75(78)69-66-63-60-57-54-51-48-45-29-26-23-20-17-14-11-8-5-2/h15,18,24,26-27,29,72H,4-14,16-17,19-23,25,28,30-71H2,1-3H3/b18-15-,27-24-,29-26-. The predicted molar refractivity (Wildman–Crippen MR) is 353 cm³/mol. The van der Waals surface area contributed by atoms with Gasteiger partial charge >= 0.3 is 17.9 Å². The molecule has 0 rings (SSSR count). The fourth-order valence-corrected chi connectivity index (χ4v) is 11.1. The van der Waals surface area contributed by atoms with Gasteiger partial charge in [0.1, 0.15) is 13.2 Å². The van der Waals surface area contributed by atoms with E-state index in [1.165, 1.54) is 289 Å². The lowest BCUT2D eigenvalue weighted by Crippen LogP contribution is -2.30. The van der Waals surface area contributed by atoms with E-state index in [-0.39, 0.29) is 31.1 Å². The van der Waals surface area contributed by atoms with Crippen LogP contribution in [0.15, 0.2) is 36.5 Å². The van der Waals surface area contributed by atoms with E-state index in [0.717, 1.165) is 77.0 Å². The quantitative estimate of drug-likeness (QED) is 0.0261. The van der Waals surface area contributed by atoms with Gasteiger partial charge in [-0.25, -0.2) is 0 Å². The molecule has 0 aliphatic heterocycles. The van der Waals surface area contributed by atoms with Gasteiger partial charge in [0.05, 0.1) is 0 Å². The minimum atomic E-state index is -0.779. The molecular formula is C75H140O6. The first-order valence-electron chi connectivity index (χ1n) is 36.5. The summed E-state index contributed by atoms with van der Waals surface area (Å²) in [6.45, 7) is 6.65.